The number of anilines is 1. The number of ether oxygens (including phenoxy) is 1. The molecule has 1 atom stereocenters. The molecule has 0 saturated carbocycles. The predicted octanol–water partition coefficient (Wildman–Crippen LogP) is 3.86. The van der Waals surface area contributed by atoms with Crippen LogP contribution in [-0.2, 0) is 17.8 Å². The Balaban J connectivity index is 1.73. The Hall–Kier alpha value is -3.00. The normalized spacial score (nSPS) is 18.4. The topological polar surface area (TPSA) is 59.4 Å². The lowest BCUT2D eigenvalue weighted by Gasteiger charge is -2.22. The van der Waals surface area contributed by atoms with Crippen LogP contribution in [0.5, 0.6) is 0 Å². The van der Waals surface area contributed by atoms with E-state index in [1.165, 1.54) is 5.57 Å². The van der Waals surface area contributed by atoms with E-state index in [9.17, 15) is 4.79 Å². The van der Waals surface area contributed by atoms with Gasteiger partial charge in [-0.3, -0.25) is 9.28 Å². The molecule has 0 amide bonds. The van der Waals surface area contributed by atoms with Gasteiger partial charge in [-0.1, -0.05) is 23.8 Å². The SMILES string of the molecule is COCCNc1cnc2c(c1)C(c1cc(CN(C)C)n(CC3C=CC=C(C)C3)c(=O)c1)=C[N+]2(C)C. The van der Waals surface area contributed by atoms with E-state index in [-0.39, 0.29) is 5.56 Å². The van der Waals surface area contributed by atoms with E-state index < -0.39 is 0 Å². The summed E-state index contributed by atoms with van der Waals surface area (Å²) in [5, 5.41) is 3.38. The standard InChI is InChI=1S/C28H38N5O2/c1-20-8-7-9-21(12-20)17-32-24(18-31(2)3)13-22(14-27(32)34)26-19-33(4,5)28-25(26)15-23(16-30-28)29-10-11-35-6/h7-9,13-16,19,21,29H,10-12,17-18H2,1-6H3/q+1. The summed E-state index contributed by atoms with van der Waals surface area (Å²) in [7, 11) is 10.0. The van der Waals surface area contributed by atoms with Gasteiger partial charge in [-0.2, -0.15) is 0 Å². The van der Waals surface area contributed by atoms with Crippen LogP contribution in [0, 0.1) is 5.92 Å². The van der Waals surface area contributed by atoms with Crippen molar-refractivity contribution in [2.75, 3.05) is 53.8 Å². The van der Waals surface area contributed by atoms with E-state index >= 15 is 0 Å². The molecule has 2 aromatic rings. The minimum Gasteiger partial charge on any atom is -0.383 e. The van der Waals surface area contributed by atoms with Crippen molar-refractivity contribution in [2.45, 2.75) is 26.4 Å². The second-order valence-electron chi connectivity index (χ2n) is 10.4. The molecule has 0 bridgehead atoms. The predicted molar refractivity (Wildman–Crippen MR) is 144 cm³/mol. The number of pyridine rings is 2. The molecule has 7 nitrogen and oxygen atoms in total. The third kappa shape index (κ3) is 5.64. The van der Waals surface area contributed by atoms with E-state index in [4.69, 9.17) is 9.72 Å². The molecule has 0 saturated heterocycles. The number of allylic oxidation sites excluding steroid dienone is 4. The largest absolute Gasteiger partial charge is 0.383 e. The van der Waals surface area contributed by atoms with Crippen LogP contribution in [0.1, 0.15) is 30.2 Å². The number of aromatic nitrogens is 2. The highest BCUT2D eigenvalue weighted by Crippen LogP contribution is 2.40. The lowest BCUT2D eigenvalue weighted by atomic mass is 9.94. The molecule has 1 aliphatic carbocycles. The lowest BCUT2D eigenvalue weighted by Crippen LogP contribution is -2.32. The fraction of sp³-hybridized carbons (Fsp3) is 0.429. The van der Waals surface area contributed by atoms with Crippen LogP contribution in [0.15, 0.2) is 59.2 Å². The van der Waals surface area contributed by atoms with Crippen LogP contribution in [0.2, 0.25) is 0 Å². The third-order valence-electron chi connectivity index (χ3n) is 6.56. The molecule has 4 rings (SSSR count). The van der Waals surface area contributed by atoms with Crippen LogP contribution >= 0.6 is 0 Å². The van der Waals surface area contributed by atoms with E-state index in [0.717, 1.165) is 40.3 Å². The molecule has 2 aliphatic rings. The fourth-order valence-electron chi connectivity index (χ4n) is 4.95. The van der Waals surface area contributed by atoms with Crippen LogP contribution in [0.4, 0.5) is 11.5 Å². The summed E-state index contributed by atoms with van der Waals surface area (Å²) in [5.41, 5.74) is 6.42. The molecular formula is C28H38N5O2+. The molecule has 7 heteroatoms. The molecule has 1 unspecified atom stereocenters. The molecule has 2 aromatic heterocycles. The van der Waals surface area contributed by atoms with E-state index in [2.05, 4.69) is 67.8 Å². The zero-order valence-corrected chi connectivity index (χ0v) is 21.8. The highest BCUT2D eigenvalue weighted by Gasteiger charge is 2.34. The van der Waals surface area contributed by atoms with Crippen molar-refractivity contribution in [3.05, 3.63) is 81.6 Å². The van der Waals surface area contributed by atoms with Crippen molar-refractivity contribution in [3.63, 3.8) is 0 Å². The number of hydrogen-bond donors (Lipinski definition) is 1. The maximum Gasteiger partial charge on any atom is 0.251 e. The number of hydrogen-bond acceptors (Lipinski definition) is 5. The third-order valence-corrected chi connectivity index (χ3v) is 6.56. The van der Waals surface area contributed by atoms with Gasteiger partial charge in [-0.15, -0.1) is 0 Å². The molecule has 0 fully saturated rings. The smallest absolute Gasteiger partial charge is 0.251 e. The lowest BCUT2D eigenvalue weighted by molar-refractivity contribution is 0.211. The summed E-state index contributed by atoms with van der Waals surface area (Å²) in [6, 6.07) is 6.11. The first kappa shape index (κ1) is 25.1. The maximum absolute atomic E-state index is 13.5. The molecule has 1 N–H and O–H groups in total. The van der Waals surface area contributed by atoms with Gasteiger partial charge in [-0.25, -0.2) is 4.98 Å². The Labute approximate surface area is 208 Å². The summed E-state index contributed by atoms with van der Waals surface area (Å²) < 4.78 is 7.65. The summed E-state index contributed by atoms with van der Waals surface area (Å²) in [4.78, 5) is 20.4. The average molecular weight is 477 g/mol. The minimum atomic E-state index is 0.0435. The Kier molecular flexibility index (Phi) is 7.40. The molecule has 1 aliphatic heterocycles. The zero-order valence-electron chi connectivity index (χ0n) is 21.8. The van der Waals surface area contributed by atoms with Gasteiger partial charge in [0.25, 0.3) is 5.56 Å². The molecule has 3 heterocycles. The first-order valence-corrected chi connectivity index (χ1v) is 12.2. The van der Waals surface area contributed by atoms with Crippen molar-refractivity contribution in [3.8, 4) is 0 Å². The fourth-order valence-corrected chi connectivity index (χ4v) is 4.95. The minimum absolute atomic E-state index is 0.0435. The Morgan fingerprint density at radius 2 is 2.06 bits per heavy atom. The van der Waals surface area contributed by atoms with Gasteiger partial charge in [0, 0.05) is 38.5 Å². The quantitative estimate of drug-likeness (QED) is 0.440. The van der Waals surface area contributed by atoms with Gasteiger partial charge < -0.3 is 19.5 Å². The number of nitrogens with zero attached hydrogens (tertiary/aromatic N) is 4. The van der Waals surface area contributed by atoms with Crippen LogP contribution < -0.4 is 15.4 Å². The Morgan fingerprint density at radius 3 is 2.77 bits per heavy atom. The maximum atomic E-state index is 13.5. The molecule has 35 heavy (non-hydrogen) atoms. The Morgan fingerprint density at radius 1 is 1.26 bits per heavy atom. The van der Waals surface area contributed by atoms with E-state index in [0.29, 0.717) is 36.6 Å². The van der Waals surface area contributed by atoms with Gasteiger partial charge in [0.1, 0.15) is 6.20 Å². The molecule has 0 aromatic carbocycles. The second kappa shape index (κ2) is 10.3. The van der Waals surface area contributed by atoms with Gasteiger partial charge in [-0.05, 0) is 51.1 Å². The van der Waals surface area contributed by atoms with Crippen LogP contribution in [0.25, 0.3) is 5.57 Å². The van der Waals surface area contributed by atoms with Gasteiger partial charge in [0.05, 0.1) is 43.7 Å². The highest BCUT2D eigenvalue weighted by molar-refractivity contribution is 5.90. The first-order chi connectivity index (χ1) is 16.7. The Bertz CT molecular complexity index is 1240. The van der Waals surface area contributed by atoms with Crippen LogP contribution in [0.3, 0.4) is 0 Å². The number of quaternary nitrogens is 1. The van der Waals surface area contributed by atoms with Gasteiger partial charge >= 0.3 is 0 Å². The number of rotatable bonds is 9. The monoisotopic (exact) mass is 476 g/mol. The second-order valence-corrected chi connectivity index (χ2v) is 10.4. The van der Waals surface area contributed by atoms with Crippen LogP contribution in [-0.4, -0.2) is 62.9 Å². The van der Waals surface area contributed by atoms with Crippen molar-refractivity contribution >= 4 is 17.1 Å². The van der Waals surface area contributed by atoms with Gasteiger partial charge in [0.15, 0.2) is 0 Å². The van der Waals surface area contributed by atoms with E-state index in [1.54, 1.807) is 13.2 Å². The number of fused-ring (bicyclic) bond motifs is 1. The van der Waals surface area contributed by atoms with Crippen molar-refractivity contribution < 1.29 is 4.74 Å². The summed E-state index contributed by atoms with van der Waals surface area (Å²) in [6.45, 7) is 4.87. The molecule has 0 radical (unpaired) electrons. The average Bonchev–Trinajstić information content (AvgIpc) is 3.06. The van der Waals surface area contributed by atoms with Crippen molar-refractivity contribution in [2.24, 2.45) is 5.92 Å². The number of methoxy groups -OCH3 is 1. The number of nitrogens with one attached hydrogen (secondary N) is 1. The van der Waals surface area contributed by atoms with Crippen molar-refractivity contribution in [1.82, 2.24) is 18.9 Å². The highest BCUT2D eigenvalue weighted by atomic mass is 16.5. The van der Waals surface area contributed by atoms with Gasteiger partial charge in [0.2, 0.25) is 5.82 Å². The van der Waals surface area contributed by atoms with Crippen molar-refractivity contribution in [1.29, 1.82) is 0 Å². The molecule has 0 spiro atoms. The van der Waals surface area contributed by atoms with E-state index in [1.807, 2.05) is 24.9 Å². The summed E-state index contributed by atoms with van der Waals surface area (Å²) in [6.07, 6.45) is 11.5. The summed E-state index contributed by atoms with van der Waals surface area (Å²) in [5.74, 6) is 1.31. The first-order valence-electron chi connectivity index (χ1n) is 12.2. The molecule has 186 valence electrons. The molecular weight excluding hydrogens is 438 g/mol. The summed E-state index contributed by atoms with van der Waals surface area (Å²) >= 11 is 0. The zero-order chi connectivity index (χ0) is 25.2.